The number of hydrogen-bond acceptors (Lipinski definition) is 3. The SMILES string of the molecule is CNC(=O)[C@@H](CCC(=O)O)NC(=O)c1ccc(C)c(Cl)c1. The van der Waals surface area contributed by atoms with Crippen LogP contribution in [0.15, 0.2) is 18.2 Å². The third kappa shape index (κ3) is 5.07. The summed E-state index contributed by atoms with van der Waals surface area (Å²) in [5, 5.41) is 14.0. The lowest BCUT2D eigenvalue weighted by Gasteiger charge is -2.16. The van der Waals surface area contributed by atoms with Crippen LogP contribution in [0.25, 0.3) is 0 Å². The predicted octanol–water partition coefficient (Wildman–Crippen LogP) is 1.36. The zero-order chi connectivity index (χ0) is 16.0. The highest BCUT2D eigenvalue weighted by atomic mass is 35.5. The second-order valence-corrected chi connectivity index (χ2v) is 4.94. The topological polar surface area (TPSA) is 95.5 Å². The number of benzene rings is 1. The standard InChI is InChI=1S/C14H17ClN2O4/c1-8-3-4-9(7-10(8)15)13(20)17-11(14(21)16-2)5-6-12(18)19/h3-4,7,11H,5-6H2,1-2H3,(H,16,21)(H,17,20)(H,18,19)/t11-/m1/s1. The number of aliphatic carboxylic acids is 1. The van der Waals surface area contributed by atoms with Crippen molar-refractivity contribution in [2.75, 3.05) is 7.05 Å². The van der Waals surface area contributed by atoms with E-state index in [1.807, 2.05) is 6.92 Å². The Morgan fingerprint density at radius 2 is 2.00 bits per heavy atom. The Labute approximate surface area is 127 Å². The van der Waals surface area contributed by atoms with E-state index in [4.69, 9.17) is 16.7 Å². The molecule has 2 amide bonds. The van der Waals surface area contributed by atoms with Gasteiger partial charge >= 0.3 is 5.97 Å². The summed E-state index contributed by atoms with van der Waals surface area (Å²) >= 11 is 5.95. The molecular formula is C14H17ClN2O4. The fourth-order valence-corrected chi connectivity index (χ4v) is 1.87. The number of likely N-dealkylation sites (N-methyl/N-ethyl adjacent to an activating group) is 1. The van der Waals surface area contributed by atoms with E-state index in [1.165, 1.54) is 13.1 Å². The number of carboxylic acid groups (broad SMARTS) is 1. The zero-order valence-corrected chi connectivity index (χ0v) is 12.5. The molecule has 0 fully saturated rings. The van der Waals surface area contributed by atoms with Crippen molar-refractivity contribution in [1.82, 2.24) is 10.6 Å². The van der Waals surface area contributed by atoms with Crippen molar-refractivity contribution < 1.29 is 19.5 Å². The molecule has 1 aromatic carbocycles. The van der Waals surface area contributed by atoms with E-state index in [0.29, 0.717) is 10.6 Å². The maximum absolute atomic E-state index is 12.1. The Bertz CT molecular complexity index is 560. The van der Waals surface area contributed by atoms with Crippen LogP contribution in [-0.2, 0) is 9.59 Å². The molecule has 7 heteroatoms. The molecule has 0 saturated carbocycles. The van der Waals surface area contributed by atoms with Gasteiger partial charge in [-0.3, -0.25) is 14.4 Å². The molecule has 0 aromatic heterocycles. The minimum atomic E-state index is -1.03. The van der Waals surface area contributed by atoms with Gasteiger partial charge in [-0.2, -0.15) is 0 Å². The molecule has 0 spiro atoms. The molecule has 0 aliphatic rings. The van der Waals surface area contributed by atoms with Crippen molar-refractivity contribution >= 4 is 29.4 Å². The Hall–Kier alpha value is -2.08. The predicted molar refractivity (Wildman–Crippen MR) is 78.4 cm³/mol. The van der Waals surface area contributed by atoms with E-state index in [2.05, 4.69) is 10.6 Å². The van der Waals surface area contributed by atoms with Crippen LogP contribution >= 0.6 is 11.6 Å². The first kappa shape index (κ1) is 17.0. The Balaban J connectivity index is 2.81. The summed E-state index contributed by atoms with van der Waals surface area (Å²) in [6, 6.07) is 3.89. The van der Waals surface area contributed by atoms with Crippen LogP contribution in [0, 0.1) is 6.92 Å². The van der Waals surface area contributed by atoms with Crippen LogP contribution in [0.4, 0.5) is 0 Å². The van der Waals surface area contributed by atoms with E-state index < -0.39 is 23.8 Å². The number of carbonyl (C=O) groups is 3. The largest absolute Gasteiger partial charge is 0.481 e. The van der Waals surface area contributed by atoms with Gasteiger partial charge in [-0.25, -0.2) is 0 Å². The number of carbonyl (C=O) groups excluding carboxylic acids is 2. The molecule has 114 valence electrons. The van der Waals surface area contributed by atoms with Gasteiger partial charge in [0.25, 0.3) is 5.91 Å². The third-order valence-electron chi connectivity index (χ3n) is 2.95. The van der Waals surface area contributed by atoms with Gasteiger partial charge in [0.05, 0.1) is 0 Å². The maximum Gasteiger partial charge on any atom is 0.303 e. The van der Waals surface area contributed by atoms with Gasteiger partial charge in [-0.15, -0.1) is 0 Å². The second-order valence-electron chi connectivity index (χ2n) is 4.54. The van der Waals surface area contributed by atoms with Gasteiger partial charge in [-0.1, -0.05) is 17.7 Å². The van der Waals surface area contributed by atoms with Crippen molar-refractivity contribution in [3.8, 4) is 0 Å². The summed E-state index contributed by atoms with van der Waals surface area (Å²) in [5.74, 6) is -1.95. The Morgan fingerprint density at radius 1 is 1.33 bits per heavy atom. The van der Waals surface area contributed by atoms with Crippen LogP contribution < -0.4 is 10.6 Å². The average molecular weight is 313 g/mol. The van der Waals surface area contributed by atoms with E-state index in [1.54, 1.807) is 12.1 Å². The van der Waals surface area contributed by atoms with Gasteiger partial charge < -0.3 is 15.7 Å². The molecule has 0 aliphatic heterocycles. The van der Waals surface area contributed by atoms with Gasteiger partial charge in [0.1, 0.15) is 6.04 Å². The quantitative estimate of drug-likeness (QED) is 0.739. The number of amides is 2. The molecule has 0 aliphatic carbocycles. The summed E-state index contributed by atoms with van der Waals surface area (Å²) in [5.41, 5.74) is 1.15. The lowest BCUT2D eigenvalue weighted by Crippen LogP contribution is -2.45. The summed E-state index contributed by atoms with van der Waals surface area (Å²) in [7, 11) is 1.42. The first-order valence-corrected chi connectivity index (χ1v) is 6.73. The zero-order valence-electron chi connectivity index (χ0n) is 11.8. The Morgan fingerprint density at radius 3 is 2.52 bits per heavy atom. The number of nitrogens with one attached hydrogen (secondary N) is 2. The van der Waals surface area contributed by atoms with Crippen LogP contribution in [0.5, 0.6) is 0 Å². The molecule has 21 heavy (non-hydrogen) atoms. The van der Waals surface area contributed by atoms with Crippen LogP contribution in [0.3, 0.4) is 0 Å². The summed E-state index contributed by atoms with van der Waals surface area (Å²) < 4.78 is 0. The highest BCUT2D eigenvalue weighted by Gasteiger charge is 2.21. The number of halogens is 1. The fraction of sp³-hybridized carbons (Fsp3) is 0.357. The normalized spacial score (nSPS) is 11.6. The van der Waals surface area contributed by atoms with Crippen LogP contribution in [-0.4, -0.2) is 36.0 Å². The molecular weight excluding hydrogens is 296 g/mol. The van der Waals surface area contributed by atoms with E-state index in [0.717, 1.165) is 5.56 Å². The molecule has 1 atom stereocenters. The van der Waals surface area contributed by atoms with Crippen LogP contribution in [0.1, 0.15) is 28.8 Å². The van der Waals surface area contributed by atoms with Gasteiger partial charge in [-0.05, 0) is 31.0 Å². The molecule has 6 nitrogen and oxygen atoms in total. The summed E-state index contributed by atoms with van der Waals surface area (Å²) in [4.78, 5) is 34.3. The highest BCUT2D eigenvalue weighted by molar-refractivity contribution is 6.31. The van der Waals surface area contributed by atoms with Crippen LogP contribution in [0.2, 0.25) is 5.02 Å². The van der Waals surface area contributed by atoms with Crippen molar-refractivity contribution in [3.05, 3.63) is 34.3 Å². The lowest BCUT2D eigenvalue weighted by atomic mass is 10.1. The first-order chi connectivity index (χ1) is 9.85. The average Bonchev–Trinajstić information content (AvgIpc) is 2.44. The third-order valence-corrected chi connectivity index (χ3v) is 3.36. The Kier molecular flexibility index (Phi) is 6.17. The summed E-state index contributed by atoms with van der Waals surface area (Å²) in [6.45, 7) is 1.81. The minimum Gasteiger partial charge on any atom is -0.481 e. The van der Waals surface area contributed by atoms with Crippen molar-refractivity contribution in [3.63, 3.8) is 0 Å². The van der Waals surface area contributed by atoms with E-state index in [9.17, 15) is 14.4 Å². The molecule has 1 rings (SSSR count). The summed E-state index contributed by atoms with van der Waals surface area (Å²) in [6.07, 6.45) is -0.201. The first-order valence-electron chi connectivity index (χ1n) is 6.35. The van der Waals surface area contributed by atoms with Gasteiger partial charge in [0.2, 0.25) is 5.91 Å². The molecule has 3 N–H and O–H groups in total. The molecule has 0 radical (unpaired) electrons. The molecule has 0 saturated heterocycles. The molecule has 0 unspecified atom stereocenters. The smallest absolute Gasteiger partial charge is 0.303 e. The molecule has 0 heterocycles. The van der Waals surface area contributed by atoms with E-state index >= 15 is 0 Å². The maximum atomic E-state index is 12.1. The monoisotopic (exact) mass is 312 g/mol. The number of aryl methyl sites for hydroxylation is 1. The number of carboxylic acids is 1. The fourth-order valence-electron chi connectivity index (χ4n) is 1.69. The molecule has 1 aromatic rings. The lowest BCUT2D eigenvalue weighted by molar-refractivity contribution is -0.137. The minimum absolute atomic E-state index is 0.0142. The number of rotatable bonds is 6. The number of hydrogen-bond donors (Lipinski definition) is 3. The van der Waals surface area contributed by atoms with Gasteiger partial charge in [0.15, 0.2) is 0 Å². The second kappa shape index (κ2) is 7.64. The van der Waals surface area contributed by atoms with Crippen molar-refractivity contribution in [1.29, 1.82) is 0 Å². The highest BCUT2D eigenvalue weighted by Crippen LogP contribution is 2.16. The molecule has 0 bridgehead atoms. The van der Waals surface area contributed by atoms with Crippen molar-refractivity contribution in [2.24, 2.45) is 0 Å². The van der Waals surface area contributed by atoms with E-state index in [-0.39, 0.29) is 12.8 Å². The van der Waals surface area contributed by atoms with Crippen molar-refractivity contribution in [2.45, 2.75) is 25.8 Å². The van der Waals surface area contributed by atoms with Gasteiger partial charge in [0, 0.05) is 24.1 Å².